The summed E-state index contributed by atoms with van der Waals surface area (Å²) in [5.74, 6) is -24.2. The molecular weight excluding hydrogens is 388 g/mol. The Labute approximate surface area is 130 Å². The highest BCUT2D eigenvalue weighted by Gasteiger charge is 2.83. The van der Waals surface area contributed by atoms with Crippen LogP contribution in [-0.2, 0) is 6.18 Å². The first-order valence-electron chi connectivity index (χ1n) is 5.79. The van der Waals surface area contributed by atoms with Crippen LogP contribution in [0.25, 0.3) is 0 Å². The van der Waals surface area contributed by atoms with Crippen molar-refractivity contribution in [2.75, 3.05) is 0 Å². The van der Waals surface area contributed by atoms with E-state index in [2.05, 4.69) is 0 Å². The van der Waals surface area contributed by atoms with E-state index in [0.717, 1.165) is 0 Å². The zero-order valence-corrected chi connectivity index (χ0v) is 11.3. The number of rotatable bonds is 4. The molecule has 0 spiro atoms. The van der Waals surface area contributed by atoms with Crippen LogP contribution >= 0.6 is 0 Å². The van der Waals surface area contributed by atoms with Crippen molar-refractivity contribution in [1.82, 2.24) is 0 Å². The molecule has 0 aliphatic heterocycles. The molecule has 25 heavy (non-hydrogen) atoms. The number of hydrogen-bond acceptors (Lipinski definition) is 1. The minimum absolute atomic E-state index is 0.0106. The Balaban J connectivity index is 3.31. The standard InChI is InChI=1S/C12H4F12O/c13-8(14,10(18,19)11(20,21)12(22,23)24)7(25)5-1-3-6(4-2-5)9(15,16)17/h1-4H. The molecule has 0 saturated carbocycles. The second kappa shape index (κ2) is 5.80. The van der Waals surface area contributed by atoms with Crippen LogP contribution in [-0.4, -0.2) is 29.7 Å². The van der Waals surface area contributed by atoms with Crippen LogP contribution in [0, 0.1) is 0 Å². The van der Waals surface area contributed by atoms with Gasteiger partial charge in [-0.2, -0.15) is 52.7 Å². The first-order valence-corrected chi connectivity index (χ1v) is 5.79. The summed E-state index contributed by atoms with van der Waals surface area (Å²) in [4.78, 5) is 11.2. The Kier molecular flexibility index (Phi) is 4.89. The number of hydrogen-bond donors (Lipinski definition) is 0. The summed E-state index contributed by atoms with van der Waals surface area (Å²) in [5, 5.41) is 0. The third kappa shape index (κ3) is 3.40. The second-order valence-corrected chi connectivity index (χ2v) is 4.63. The Morgan fingerprint density at radius 3 is 1.36 bits per heavy atom. The summed E-state index contributed by atoms with van der Waals surface area (Å²) in [5.41, 5.74) is -3.12. The molecule has 0 heterocycles. The summed E-state index contributed by atoms with van der Waals surface area (Å²) in [6.07, 6.45) is -12.1. The fraction of sp³-hybridized carbons (Fsp3) is 0.417. The normalized spacial score (nSPS) is 14.6. The molecule has 0 N–H and O–H groups in total. The van der Waals surface area contributed by atoms with Crippen LogP contribution in [0.15, 0.2) is 24.3 Å². The van der Waals surface area contributed by atoms with E-state index < -0.39 is 47.0 Å². The van der Waals surface area contributed by atoms with E-state index in [4.69, 9.17) is 0 Å². The van der Waals surface area contributed by atoms with Gasteiger partial charge in [-0.05, 0) is 12.1 Å². The molecule has 0 aliphatic carbocycles. The summed E-state index contributed by atoms with van der Waals surface area (Å²) < 4.78 is 151. The maximum absolute atomic E-state index is 13.3. The van der Waals surface area contributed by atoms with Crippen LogP contribution in [0.2, 0.25) is 0 Å². The number of halogens is 12. The van der Waals surface area contributed by atoms with E-state index in [1.54, 1.807) is 0 Å². The van der Waals surface area contributed by atoms with Gasteiger partial charge in [0.15, 0.2) is 0 Å². The molecule has 13 heteroatoms. The fourth-order valence-corrected chi connectivity index (χ4v) is 1.51. The molecule has 1 rings (SSSR count). The minimum Gasteiger partial charge on any atom is -0.287 e. The van der Waals surface area contributed by atoms with Gasteiger partial charge in [0.25, 0.3) is 0 Å². The van der Waals surface area contributed by atoms with Crippen molar-refractivity contribution in [2.24, 2.45) is 0 Å². The van der Waals surface area contributed by atoms with Gasteiger partial charge in [0, 0.05) is 5.56 Å². The second-order valence-electron chi connectivity index (χ2n) is 4.63. The van der Waals surface area contributed by atoms with Gasteiger partial charge >= 0.3 is 30.1 Å². The lowest BCUT2D eigenvalue weighted by Gasteiger charge is -2.32. The van der Waals surface area contributed by atoms with E-state index in [1.807, 2.05) is 0 Å². The summed E-state index contributed by atoms with van der Waals surface area (Å²) in [6.45, 7) is 0. The lowest BCUT2D eigenvalue weighted by molar-refractivity contribution is -0.386. The Bertz CT molecular complexity index is 638. The first kappa shape index (κ1) is 21.1. The van der Waals surface area contributed by atoms with E-state index in [9.17, 15) is 57.5 Å². The number of carbonyl (C=O) groups is 1. The lowest BCUT2D eigenvalue weighted by Crippen LogP contribution is -2.63. The maximum Gasteiger partial charge on any atom is 0.460 e. The van der Waals surface area contributed by atoms with Crippen molar-refractivity contribution < 1.29 is 57.5 Å². The highest BCUT2D eigenvalue weighted by atomic mass is 19.4. The topological polar surface area (TPSA) is 17.1 Å². The minimum atomic E-state index is -7.27. The van der Waals surface area contributed by atoms with Crippen LogP contribution < -0.4 is 0 Å². The number of ketones is 1. The summed E-state index contributed by atoms with van der Waals surface area (Å²) in [7, 11) is 0. The van der Waals surface area contributed by atoms with Crippen molar-refractivity contribution in [2.45, 2.75) is 30.1 Å². The van der Waals surface area contributed by atoms with Crippen molar-refractivity contribution >= 4 is 5.78 Å². The van der Waals surface area contributed by atoms with Gasteiger partial charge in [0.2, 0.25) is 5.78 Å². The summed E-state index contributed by atoms with van der Waals surface area (Å²) in [6, 6.07) is -0.130. The predicted molar refractivity (Wildman–Crippen MR) is 56.7 cm³/mol. The molecule has 1 aromatic rings. The molecule has 0 radical (unpaired) electrons. The zero-order chi connectivity index (χ0) is 20.1. The molecule has 0 amide bonds. The summed E-state index contributed by atoms with van der Waals surface area (Å²) >= 11 is 0. The van der Waals surface area contributed by atoms with Gasteiger partial charge in [-0.15, -0.1) is 0 Å². The van der Waals surface area contributed by atoms with Gasteiger partial charge < -0.3 is 0 Å². The molecule has 0 unspecified atom stereocenters. The number of Topliss-reactive ketones (excluding diaryl/α,β-unsaturated/α-hetero) is 1. The number of carbonyl (C=O) groups excluding carboxylic acids is 1. The Hall–Kier alpha value is -1.95. The largest absolute Gasteiger partial charge is 0.460 e. The van der Waals surface area contributed by atoms with Gasteiger partial charge in [-0.25, -0.2) is 0 Å². The average molecular weight is 392 g/mol. The smallest absolute Gasteiger partial charge is 0.287 e. The third-order valence-electron chi connectivity index (χ3n) is 2.90. The molecule has 1 nitrogen and oxygen atoms in total. The van der Waals surface area contributed by atoms with Crippen LogP contribution in [0.5, 0.6) is 0 Å². The van der Waals surface area contributed by atoms with Gasteiger partial charge in [0.1, 0.15) is 0 Å². The molecule has 0 aromatic heterocycles. The van der Waals surface area contributed by atoms with Crippen molar-refractivity contribution in [3.8, 4) is 0 Å². The first-order chi connectivity index (χ1) is 10.9. The Morgan fingerprint density at radius 1 is 0.640 bits per heavy atom. The van der Waals surface area contributed by atoms with Crippen molar-refractivity contribution in [1.29, 1.82) is 0 Å². The van der Waals surface area contributed by atoms with E-state index >= 15 is 0 Å². The van der Waals surface area contributed by atoms with Crippen molar-refractivity contribution in [3.05, 3.63) is 35.4 Å². The molecular formula is C12H4F12O. The van der Waals surface area contributed by atoms with Crippen LogP contribution in [0.3, 0.4) is 0 Å². The van der Waals surface area contributed by atoms with E-state index in [0.29, 0.717) is 0 Å². The number of alkyl halides is 12. The highest BCUT2D eigenvalue weighted by molar-refractivity contribution is 6.02. The number of benzene rings is 1. The molecule has 0 fully saturated rings. The fourth-order valence-electron chi connectivity index (χ4n) is 1.51. The van der Waals surface area contributed by atoms with E-state index in [1.165, 1.54) is 0 Å². The van der Waals surface area contributed by atoms with Crippen molar-refractivity contribution in [3.63, 3.8) is 0 Å². The third-order valence-corrected chi connectivity index (χ3v) is 2.90. The van der Waals surface area contributed by atoms with Crippen LogP contribution in [0.1, 0.15) is 15.9 Å². The molecule has 0 saturated heterocycles. The monoisotopic (exact) mass is 392 g/mol. The van der Waals surface area contributed by atoms with Gasteiger partial charge in [-0.1, -0.05) is 12.1 Å². The molecule has 0 bridgehead atoms. The zero-order valence-electron chi connectivity index (χ0n) is 11.3. The van der Waals surface area contributed by atoms with E-state index in [-0.39, 0.29) is 24.3 Å². The molecule has 142 valence electrons. The molecule has 0 aliphatic rings. The van der Waals surface area contributed by atoms with Gasteiger partial charge in [0.05, 0.1) is 5.56 Å². The predicted octanol–water partition coefficient (Wildman–Crippen LogP) is 5.36. The molecule has 1 aromatic carbocycles. The average Bonchev–Trinajstić information content (AvgIpc) is 2.44. The SMILES string of the molecule is O=C(c1ccc(C(F)(F)F)cc1)C(F)(F)C(F)(F)C(F)(F)C(F)(F)F. The van der Waals surface area contributed by atoms with Crippen LogP contribution in [0.4, 0.5) is 52.7 Å². The maximum atomic E-state index is 13.3. The Morgan fingerprint density at radius 2 is 1.04 bits per heavy atom. The lowest BCUT2D eigenvalue weighted by atomic mass is 9.95. The van der Waals surface area contributed by atoms with Gasteiger partial charge in [-0.3, -0.25) is 4.79 Å². The molecule has 0 atom stereocenters. The quantitative estimate of drug-likeness (QED) is 0.499. The highest BCUT2D eigenvalue weighted by Crippen LogP contribution is 2.53.